The van der Waals surface area contributed by atoms with Crippen molar-refractivity contribution in [2.75, 3.05) is 11.9 Å². The number of ether oxygens (including phenoxy) is 1. The third kappa shape index (κ3) is 4.75. The van der Waals surface area contributed by atoms with Crippen LogP contribution in [0.2, 0.25) is 0 Å². The lowest BCUT2D eigenvalue weighted by Gasteiger charge is -2.10. The van der Waals surface area contributed by atoms with Crippen molar-refractivity contribution in [2.45, 2.75) is 6.92 Å². The maximum Gasteiger partial charge on any atom is 0.293 e. The van der Waals surface area contributed by atoms with Crippen molar-refractivity contribution in [3.05, 3.63) is 60.6 Å². The molecule has 1 amide bonds. The molecule has 0 aliphatic heterocycles. The van der Waals surface area contributed by atoms with E-state index in [0.29, 0.717) is 6.61 Å². The van der Waals surface area contributed by atoms with E-state index >= 15 is 0 Å². The van der Waals surface area contributed by atoms with Crippen molar-refractivity contribution in [3.8, 4) is 5.75 Å². The summed E-state index contributed by atoms with van der Waals surface area (Å²) < 4.78 is 10.5. The van der Waals surface area contributed by atoms with Crippen LogP contribution in [-0.4, -0.2) is 17.6 Å². The number of carbonyl (C=O) groups is 1. The Morgan fingerprint density at radius 1 is 1.32 bits per heavy atom. The van der Waals surface area contributed by atoms with Gasteiger partial charge in [-0.15, -0.1) is 0 Å². The van der Waals surface area contributed by atoms with Gasteiger partial charge in [-0.25, -0.2) is 0 Å². The molecule has 0 saturated carbocycles. The van der Waals surface area contributed by atoms with Crippen molar-refractivity contribution in [2.24, 2.45) is 0 Å². The predicted molar refractivity (Wildman–Crippen MR) is 89.1 cm³/mol. The van der Waals surface area contributed by atoms with E-state index in [1.54, 1.807) is 24.3 Å². The molecule has 0 bridgehead atoms. The first-order valence-electron chi connectivity index (χ1n) is 6.57. The fraction of sp³-hybridized carbons (Fsp3) is 0.125. The van der Waals surface area contributed by atoms with E-state index in [4.69, 9.17) is 21.4 Å². The largest absolute Gasteiger partial charge is 0.489 e. The molecule has 0 aliphatic rings. The summed E-state index contributed by atoms with van der Waals surface area (Å²) >= 11 is 5.08. The smallest absolute Gasteiger partial charge is 0.293 e. The third-order valence-electron chi connectivity index (χ3n) is 2.57. The molecule has 22 heavy (non-hydrogen) atoms. The highest BCUT2D eigenvalue weighted by atomic mass is 32.1. The average Bonchev–Trinajstić information content (AvgIpc) is 3.00. The van der Waals surface area contributed by atoms with Crippen LogP contribution in [-0.2, 0) is 0 Å². The fourth-order valence-corrected chi connectivity index (χ4v) is 1.79. The third-order valence-corrected chi connectivity index (χ3v) is 2.77. The molecule has 0 unspecified atom stereocenters. The number of benzene rings is 1. The van der Waals surface area contributed by atoms with E-state index in [-0.39, 0.29) is 10.9 Å². The van der Waals surface area contributed by atoms with Gasteiger partial charge in [0.15, 0.2) is 10.9 Å². The molecule has 2 N–H and O–H groups in total. The Morgan fingerprint density at radius 2 is 2.05 bits per heavy atom. The second-order valence-corrected chi connectivity index (χ2v) is 5.06. The highest BCUT2D eigenvalue weighted by Gasteiger charge is 2.10. The van der Waals surface area contributed by atoms with Crippen LogP contribution < -0.4 is 15.4 Å². The zero-order chi connectivity index (χ0) is 15.9. The molecule has 2 rings (SSSR count). The molecule has 5 nitrogen and oxygen atoms in total. The monoisotopic (exact) mass is 316 g/mol. The topological polar surface area (TPSA) is 63.5 Å². The maximum atomic E-state index is 11.7. The first-order chi connectivity index (χ1) is 10.5. The second kappa shape index (κ2) is 7.42. The van der Waals surface area contributed by atoms with Gasteiger partial charge in [-0.3, -0.25) is 10.1 Å². The normalized spacial score (nSPS) is 9.86. The Kier molecular flexibility index (Phi) is 5.32. The quantitative estimate of drug-likeness (QED) is 0.654. The van der Waals surface area contributed by atoms with Crippen LogP contribution in [0.1, 0.15) is 17.5 Å². The van der Waals surface area contributed by atoms with Gasteiger partial charge >= 0.3 is 0 Å². The zero-order valence-electron chi connectivity index (χ0n) is 12.1. The average molecular weight is 316 g/mol. The number of amides is 1. The number of furan rings is 1. The second-order valence-electron chi connectivity index (χ2n) is 4.66. The molecule has 1 aromatic carbocycles. The van der Waals surface area contributed by atoms with Crippen LogP contribution in [0.5, 0.6) is 5.75 Å². The zero-order valence-corrected chi connectivity index (χ0v) is 12.9. The molecular weight excluding hydrogens is 300 g/mol. The van der Waals surface area contributed by atoms with Gasteiger partial charge in [-0.2, -0.15) is 0 Å². The summed E-state index contributed by atoms with van der Waals surface area (Å²) in [7, 11) is 0. The summed E-state index contributed by atoms with van der Waals surface area (Å²) in [5.41, 5.74) is 1.69. The number of hydrogen-bond acceptors (Lipinski definition) is 4. The van der Waals surface area contributed by atoms with E-state index in [9.17, 15) is 4.79 Å². The lowest BCUT2D eigenvalue weighted by Crippen LogP contribution is -2.33. The van der Waals surface area contributed by atoms with Crippen molar-refractivity contribution >= 4 is 28.9 Å². The number of rotatable bonds is 5. The summed E-state index contributed by atoms with van der Waals surface area (Å²) in [4.78, 5) is 11.7. The molecule has 0 spiro atoms. The summed E-state index contributed by atoms with van der Waals surface area (Å²) in [6, 6.07) is 10.4. The Balaban J connectivity index is 1.86. The summed E-state index contributed by atoms with van der Waals surface area (Å²) in [5.74, 6) is 0.538. The SMILES string of the molecule is C=C(C)COc1ccc(NC(=S)NC(=O)c2ccco2)cc1. The van der Waals surface area contributed by atoms with Crippen molar-refractivity contribution in [1.82, 2.24) is 5.32 Å². The molecular formula is C16H16N2O3S. The van der Waals surface area contributed by atoms with Crippen molar-refractivity contribution in [1.29, 1.82) is 0 Å². The molecule has 114 valence electrons. The van der Waals surface area contributed by atoms with E-state index in [1.807, 2.05) is 19.1 Å². The molecule has 0 aliphatic carbocycles. The van der Waals surface area contributed by atoms with Crippen LogP contribution in [0.4, 0.5) is 5.69 Å². The van der Waals surface area contributed by atoms with Gasteiger partial charge in [0.2, 0.25) is 0 Å². The predicted octanol–water partition coefficient (Wildman–Crippen LogP) is 3.36. The summed E-state index contributed by atoms with van der Waals surface area (Å²) in [5, 5.41) is 5.63. The molecule has 0 radical (unpaired) electrons. The highest BCUT2D eigenvalue weighted by molar-refractivity contribution is 7.80. The van der Waals surface area contributed by atoms with Crippen LogP contribution in [0.15, 0.2) is 59.2 Å². The van der Waals surface area contributed by atoms with E-state index in [0.717, 1.165) is 17.0 Å². The minimum Gasteiger partial charge on any atom is -0.489 e. The number of anilines is 1. The lowest BCUT2D eigenvalue weighted by molar-refractivity contribution is 0.0950. The Hall–Kier alpha value is -2.60. The van der Waals surface area contributed by atoms with Crippen LogP contribution in [0.3, 0.4) is 0 Å². The number of nitrogens with one attached hydrogen (secondary N) is 2. The van der Waals surface area contributed by atoms with Gasteiger partial charge in [0, 0.05) is 5.69 Å². The van der Waals surface area contributed by atoms with Gasteiger partial charge in [0.1, 0.15) is 12.4 Å². The molecule has 1 aromatic heterocycles. The molecule has 0 saturated heterocycles. The minimum absolute atomic E-state index is 0.192. The van der Waals surface area contributed by atoms with Gasteiger partial charge < -0.3 is 14.5 Å². The van der Waals surface area contributed by atoms with E-state index in [1.165, 1.54) is 6.26 Å². The fourth-order valence-electron chi connectivity index (χ4n) is 1.58. The molecule has 6 heteroatoms. The van der Waals surface area contributed by atoms with Gasteiger partial charge in [-0.1, -0.05) is 6.58 Å². The molecule has 2 aromatic rings. The highest BCUT2D eigenvalue weighted by Crippen LogP contribution is 2.16. The summed E-state index contributed by atoms with van der Waals surface area (Å²) in [6.07, 6.45) is 1.43. The van der Waals surface area contributed by atoms with Gasteiger partial charge in [0.05, 0.1) is 6.26 Å². The van der Waals surface area contributed by atoms with Crippen LogP contribution >= 0.6 is 12.2 Å². The van der Waals surface area contributed by atoms with Crippen LogP contribution in [0, 0.1) is 0 Å². The summed E-state index contributed by atoms with van der Waals surface area (Å²) in [6.45, 7) is 6.15. The first-order valence-corrected chi connectivity index (χ1v) is 6.98. The van der Waals surface area contributed by atoms with E-state index in [2.05, 4.69) is 17.2 Å². The van der Waals surface area contributed by atoms with Crippen molar-refractivity contribution in [3.63, 3.8) is 0 Å². The lowest BCUT2D eigenvalue weighted by atomic mass is 10.3. The van der Waals surface area contributed by atoms with E-state index < -0.39 is 5.91 Å². The van der Waals surface area contributed by atoms with Crippen LogP contribution in [0.25, 0.3) is 0 Å². The molecule has 0 atom stereocenters. The number of thiocarbonyl (C=S) groups is 1. The molecule has 1 heterocycles. The first kappa shape index (κ1) is 15.8. The van der Waals surface area contributed by atoms with Crippen molar-refractivity contribution < 1.29 is 13.9 Å². The Bertz CT molecular complexity index is 663. The Labute approximate surface area is 134 Å². The Morgan fingerprint density at radius 3 is 2.64 bits per heavy atom. The minimum atomic E-state index is -0.399. The molecule has 0 fully saturated rings. The number of hydrogen-bond donors (Lipinski definition) is 2. The maximum absolute atomic E-state index is 11.7. The van der Waals surface area contributed by atoms with Gasteiger partial charge in [-0.05, 0) is 61.1 Å². The van der Waals surface area contributed by atoms with Gasteiger partial charge in [0.25, 0.3) is 5.91 Å². The number of carbonyl (C=O) groups excluding carboxylic acids is 1. The standard InChI is InChI=1S/C16H16N2O3S/c1-11(2)10-21-13-7-5-12(6-8-13)17-16(22)18-15(19)14-4-3-9-20-14/h3-9H,1,10H2,2H3,(H2,17,18,19,22).